The van der Waals surface area contributed by atoms with Crippen LogP contribution in [-0.4, -0.2) is 108 Å². The number of allylic oxidation sites excluding steroid dienone is 1. The maximum atomic E-state index is 15.0. The minimum absolute atomic E-state index is 0.0682. The van der Waals surface area contributed by atoms with Gasteiger partial charge in [0.2, 0.25) is 33.3 Å². The molecule has 368 valence electrons. The van der Waals surface area contributed by atoms with Gasteiger partial charge in [-0.3, -0.25) is 23.9 Å². The van der Waals surface area contributed by atoms with Gasteiger partial charge in [-0.2, -0.15) is 13.2 Å². The average Bonchev–Trinajstić information content (AvgIpc) is 4.17. The zero-order valence-electron chi connectivity index (χ0n) is 39.1. The summed E-state index contributed by atoms with van der Waals surface area (Å²) in [5, 5.41) is 6.18. The highest BCUT2D eigenvalue weighted by Gasteiger charge is 2.63. The second-order valence-corrected chi connectivity index (χ2v) is 21.5. The number of hydrogen-bond donors (Lipinski definition) is 3. The Kier molecular flexibility index (Phi) is 13.9. The van der Waals surface area contributed by atoms with Crippen molar-refractivity contribution in [1.82, 2.24) is 25.2 Å². The molecule has 3 N–H and O–H groups in total. The van der Waals surface area contributed by atoms with Gasteiger partial charge in [0, 0.05) is 35.2 Å². The highest BCUT2D eigenvalue weighted by molar-refractivity contribution is 7.91. The summed E-state index contributed by atoms with van der Waals surface area (Å²) in [5.74, 6) is -3.66. The summed E-state index contributed by atoms with van der Waals surface area (Å²) in [4.78, 5) is 78.3. The second kappa shape index (κ2) is 18.9. The van der Waals surface area contributed by atoms with Crippen molar-refractivity contribution in [2.45, 2.75) is 127 Å². The quantitative estimate of drug-likeness (QED) is 0.175. The van der Waals surface area contributed by atoms with Crippen LogP contribution in [-0.2, 0) is 29.1 Å². The van der Waals surface area contributed by atoms with Crippen molar-refractivity contribution in [3.05, 3.63) is 72.4 Å². The number of fused-ring (bicyclic) bond motifs is 3. The first-order chi connectivity index (χ1) is 31.9. The molecule has 20 heteroatoms. The molecular weight excluding hydrogens is 910 g/mol. The van der Waals surface area contributed by atoms with Crippen LogP contribution in [0.3, 0.4) is 0 Å². The van der Waals surface area contributed by atoms with E-state index in [1.165, 1.54) is 25.1 Å². The molecule has 0 unspecified atom stereocenters. The van der Waals surface area contributed by atoms with Crippen molar-refractivity contribution >= 4 is 56.2 Å². The minimum atomic E-state index is -4.95. The number of ether oxygens (including phenoxy) is 3. The zero-order valence-corrected chi connectivity index (χ0v) is 40.0. The molecule has 2 aromatic carbocycles. The van der Waals surface area contributed by atoms with Crippen LogP contribution < -0.4 is 29.7 Å². The van der Waals surface area contributed by atoms with E-state index < -0.39 is 85.9 Å². The normalized spacial score (nSPS) is 26.7. The molecule has 3 fully saturated rings. The Morgan fingerprint density at radius 2 is 1.74 bits per heavy atom. The van der Waals surface area contributed by atoms with E-state index in [1.807, 2.05) is 19.9 Å². The van der Waals surface area contributed by atoms with Crippen molar-refractivity contribution in [1.29, 1.82) is 0 Å². The number of pyridine rings is 1. The third-order valence-electron chi connectivity index (χ3n) is 13.7. The van der Waals surface area contributed by atoms with Gasteiger partial charge in [-0.1, -0.05) is 44.2 Å². The maximum absolute atomic E-state index is 15.0. The smallest absolute Gasteiger partial charge is 0.427 e. The predicted octanol–water partition coefficient (Wildman–Crippen LogP) is 6.58. The summed E-state index contributed by atoms with van der Waals surface area (Å²) in [5.41, 5.74) is -3.72. The number of rotatable bonds is 11. The van der Waals surface area contributed by atoms with E-state index in [1.54, 1.807) is 66.4 Å². The summed E-state index contributed by atoms with van der Waals surface area (Å²) in [6, 6.07) is 10.9. The fourth-order valence-electron chi connectivity index (χ4n) is 8.98. The number of carbonyl (C=O) groups excluding carboxylic acids is 5. The Bertz CT molecular complexity index is 2590. The molecule has 1 saturated heterocycles. The van der Waals surface area contributed by atoms with Gasteiger partial charge in [0.05, 0.1) is 30.3 Å². The molecule has 4 aliphatic rings. The largest absolute Gasteiger partial charge is 0.497 e. The molecule has 0 radical (unpaired) electrons. The standard InChI is InChI=1S/C48H59F3N6O10S/c1-8-56(41(59)30-15-10-9-11-16-30)37-26-52-40(34-19-18-32(65-7)23-35(34)37)66-33-24-36-39(58)54-47(43(61)55-68(63,64)46(6)20-21-46)25-31(47)17-13-12-14-28(2)22-29(3)38(42(60)57(36)27-33)53-44(62)67-45(4,5)48(49,50)51/h9-11,13,15-19,23,26,28-29,31,33,36,38H,8,12,14,20-22,24-25,27H2,1-7H3,(H,53,62)(H,54,58)(H,55,61)/b17-13-/t28-,29-,31-,33-,36+,38+,47-/m1/s1. The van der Waals surface area contributed by atoms with E-state index >= 15 is 4.79 Å². The number of alkyl halides is 3. The summed E-state index contributed by atoms with van der Waals surface area (Å²) in [7, 11) is -2.63. The van der Waals surface area contributed by atoms with Crippen LogP contribution in [0.15, 0.2) is 66.9 Å². The molecule has 68 heavy (non-hydrogen) atoms. The Morgan fingerprint density at radius 1 is 1.03 bits per heavy atom. The fraction of sp³-hybridized carbons (Fsp3) is 0.542. The molecule has 1 aromatic heterocycles. The third kappa shape index (κ3) is 10.1. The highest BCUT2D eigenvalue weighted by atomic mass is 32.2. The van der Waals surface area contributed by atoms with Gasteiger partial charge in [-0.15, -0.1) is 0 Å². The Balaban J connectivity index is 1.26. The van der Waals surface area contributed by atoms with Gasteiger partial charge in [0.1, 0.15) is 29.5 Å². The van der Waals surface area contributed by atoms with E-state index in [2.05, 4.69) is 20.3 Å². The SMILES string of the molecule is CCN(C(=O)c1ccccc1)c1cnc(O[C@@H]2C[C@H]3C(=O)N[C@]4(C(=O)NS(=O)(=O)C5(C)CC5)C[C@H]4/C=C\CC[C@@H](C)C[C@@H](C)[C@H](NC(=O)OC(C)(C)C(F)(F)F)C(=O)N3C2)c2ccc(OC)cc12. The fourth-order valence-corrected chi connectivity index (χ4v) is 10.3. The number of alkyl carbamates (subject to hydrolysis) is 1. The highest BCUT2D eigenvalue weighted by Crippen LogP contribution is 2.48. The number of anilines is 1. The number of halogens is 3. The number of benzene rings is 2. The number of nitrogens with one attached hydrogen (secondary N) is 3. The van der Waals surface area contributed by atoms with Crippen LogP contribution in [0.2, 0.25) is 0 Å². The van der Waals surface area contributed by atoms with Crippen molar-refractivity contribution < 1.29 is 59.8 Å². The van der Waals surface area contributed by atoms with Crippen LogP contribution in [0.25, 0.3) is 10.8 Å². The van der Waals surface area contributed by atoms with Crippen LogP contribution in [0.4, 0.5) is 23.7 Å². The molecule has 0 spiro atoms. The topological polar surface area (TPSA) is 203 Å². The van der Waals surface area contributed by atoms with Crippen molar-refractivity contribution in [2.24, 2.45) is 17.8 Å². The van der Waals surface area contributed by atoms with Crippen LogP contribution in [0.1, 0.15) is 96.8 Å². The maximum Gasteiger partial charge on any atom is 0.427 e. The third-order valence-corrected chi connectivity index (χ3v) is 15.9. The lowest BCUT2D eigenvalue weighted by Gasteiger charge is -2.34. The molecule has 0 bridgehead atoms. The first-order valence-electron chi connectivity index (χ1n) is 22.9. The molecule has 7 atom stereocenters. The second-order valence-electron chi connectivity index (χ2n) is 19.3. The number of aromatic nitrogens is 1. The lowest BCUT2D eigenvalue weighted by molar-refractivity contribution is -0.244. The zero-order chi connectivity index (χ0) is 49.6. The molecule has 2 saturated carbocycles. The molecule has 2 aliphatic heterocycles. The number of sulfonamides is 1. The van der Waals surface area contributed by atoms with E-state index in [0.717, 1.165) is 0 Å². The average molecular weight is 969 g/mol. The summed E-state index contributed by atoms with van der Waals surface area (Å²) in [6.07, 6.45) is -0.303. The van der Waals surface area contributed by atoms with Crippen LogP contribution >= 0.6 is 0 Å². The van der Waals surface area contributed by atoms with Crippen molar-refractivity contribution in [3.63, 3.8) is 0 Å². The van der Waals surface area contributed by atoms with E-state index in [4.69, 9.17) is 14.2 Å². The number of carbonyl (C=O) groups is 5. The Labute approximate surface area is 393 Å². The summed E-state index contributed by atoms with van der Waals surface area (Å²) < 4.78 is 86.3. The molecule has 7 rings (SSSR count). The van der Waals surface area contributed by atoms with E-state index in [-0.39, 0.29) is 43.6 Å². The van der Waals surface area contributed by atoms with Crippen molar-refractivity contribution in [2.75, 3.05) is 25.1 Å². The summed E-state index contributed by atoms with van der Waals surface area (Å²) >= 11 is 0. The van der Waals surface area contributed by atoms with Crippen molar-refractivity contribution in [3.8, 4) is 11.6 Å². The number of amides is 5. The molecule has 3 heterocycles. The number of nitrogens with zero attached hydrogens (tertiary/aromatic N) is 3. The van der Waals surface area contributed by atoms with Crippen LogP contribution in [0, 0.1) is 17.8 Å². The van der Waals surface area contributed by atoms with E-state index in [9.17, 15) is 40.8 Å². The van der Waals surface area contributed by atoms with Gasteiger partial charge in [0.15, 0.2) is 0 Å². The molecule has 2 aliphatic carbocycles. The number of methoxy groups -OCH3 is 1. The molecular formula is C48H59F3N6O10S. The first kappa shape index (κ1) is 50.0. The molecule has 16 nitrogen and oxygen atoms in total. The lowest BCUT2D eigenvalue weighted by atomic mass is 9.88. The monoisotopic (exact) mass is 968 g/mol. The van der Waals surface area contributed by atoms with Gasteiger partial charge in [-0.05, 0) is 108 Å². The van der Waals surface area contributed by atoms with Gasteiger partial charge in [0.25, 0.3) is 11.8 Å². The van der Waals surface area contributed by atoms with Gasteiger partial charge >= 0.3 is 12.3 Å². The van der Waals surface area contributed by atoms with E-state index in [0.29, 0.717) is 73.7 Å². The van der Waals surface area contributed by atoms with Crippen LogP contribution in [0.5, 0.6) is 11.6 Å². The lowest BCUT2D eigenvalue weighted by Crippen LogP contribution is -2.59. The Morgan fingerprint density at radius 3 is 2.38 bits per heavy atom. The number of hydrogen-bond acceptors (Lipinski definition) is 11. The minimum Gasteiger partial charge on any atom is -0.497 e. The Hall–Kier alpha value is -5.92. The van der Waals surface area contributed by atoms with Gasteiger partial charge in [-0.25, -0.2) is 18.2 Å². The first-order valence-corrected chi connectivity index (χ1v) is 24.3. The van der Waals surface area contributed by atoms with Gasteiger partial charge < -0.3 is 34.6 Å². The molecule has 5 amide bonds. The predicted molar refractivity (Wildman–Crippen MR) is 245 cm³/mol. The molecule has 3 aromatic rings. The summed E-state index contributed by atoms with van der Waals surface area (Å²) in [6.45, 7) is 8.29.